The monoisotopic (exact) mass is 408 g/mol. The molecule has 8 heteroatoms. The first-order valence-electron chi connectivity index (χ1n) is 10.1. The van der Waals surface area contributed by atoms with Crippen molar-refractivity contribution >= 4 is 17.7 Å². The van der Waals surface area contributed by atoms with Gasteiger partial charge in [-0.15, -0.1) is 0 Å². The Labute approximate surface area is 172 Å². The van der Waals surface area contributed by atoms with E-state index in [1.807, 2.05) is 12.2 Å². The van der Waals surface area contributed by atoms with E-state index in [1.54, 1.807) is 34.1 Å². The van der Waals surface area contributed by atoms with Crippen molar-refractivity contribution in [3.05, 3.63) is 54.6 Å². The lowest BCUT2D eigenvalue weighted by atomic mass is 9.85. The summed E-state index contributed by atoms with van der Waals surface area (Å²) in [7, 11) is 0. The smallest absolute Gasteiger partial charge is 0.244 e. The van der Waals surface area contributed by atoms with Crippen molar-refractivity contribution in [1.82, 2.24) is 19.6 Å². The molecule has 1 aliphatic carbocycles. The summed E-state index contributed by atoms with van der Waals surface area (Å²) in [6.07, 6.45) is 8.56. The van der Waals surface area contributed by atoms with Gasteiger partial charge in [0.15, 0.2) is 0 Å². The van der Waals surface area contributed by atoms with Gasteiger partial charge in [0.05, 0.1) is 24.1 Å². The molecule has 3 aliphatic rings. The van der Waals surface area contributed by atoms with Gasteiger partial charge in [-0.2, -0.15) is 5.10 Å². The highest BCUT2D eigenvalue weighted by molar-refractivity contribution is 6.06. The first-order chi connectivity index (χ1) is 14.5. The third-order valence-electron chi connectivity index (χ3n) is 6.23. The van der Waals surface area contributed by atoms with E-state index in [0.29, 0.717) is 25.9 Å². The third kappa shape index (κ3) is 3.12. The van der Waals surface area contributed by atoms with Crippen LogP contribution in [0.15, 0.2) is 48.8 Å². The van der Waals surface area contributed by atoms with E-state index in [4.69, 9.17) is 0 Å². The summed E-state index contributed by atoms with van der Waals surface area (Å²) in [5, 5.41) is 4.22. The number of carbonyl (C=O) groups excluding carboxylic acids is 3. The van der Waals surface area contributed by atoms with E-state index >= 15 is 0 Å². The Balaban J connectivity index is 1.18. The van der Waals surface area contributed by atoms with Crippen molar-refractivity contribution in [3.63, 3.8) is 0 Å². The summed E-state index contributed by atoms with van der Waals surface area (Å²) in [6.45, 7) is 0.815. The fourth-order valence-corrected chi connectivity index (χ4v) is 4.49. The molecule has 0 spiro atoms. The lowest BCUT2D eigenvalue weighted by Gasteiger charge is -2.43. The Kier molecular flexibility index (Phi) is 4.49. The number of nitrogens with zero attached hydrogens (tertiary/aromatic N) is 4. The number of fused-ring (bicyclic) bond motifs is 1. The van der Waals surface area contributed by atoms with Crippen LogP contribution < -0.4 is 0 Å². The van der Waals surface area contributed by atoms with Crippen LogP contribution in [0, 0.1) is 17.7 Å². The topological polar surface area (TPSA) is 75.5 Å². The van der Waals surface area contributed by atoms with Crippen LogP contribution in [0.5, 0.6) is 0 Å². The second-order valence-electron chi connectivity index (χ2n) is 8.09. The van der Waals surface area contributed by atoms with Crippen molar-refractivity contribution in [2.24, 2.45) is 11.8 Å². The minimum Gasteiger partial charge on any atom is -0.337 e. The van der Waals surface area contributed by atoms with Gasteiger partial charge >= 0.3 is 0 Å². The van der Waals surface area contributed by atoms with Gasteiger partial charge in [0, 0.05) is 24.8 Å². The summed E-state index contributed by atoms with van der Waals surface area (Å²) in [5.41, 5.74) is 1.62. The van der Waals surface area contributed by atoms with Crippen LogP contribution in [0.1, 0.15) is 12.8 Å². The fourth-order valence-electron chi connectivity index (χ4n) is 4.49. The highest BCUT2D eigenvalue weighted by Gasteiger charge is 2.52. The molecule has 2 fully saturated rings. The van der Waals surface area contributed by atoms with Crippen molar-refractivity contribution in [2.75, 3.05) is 13.1 Å². The van der Waals surface area contributed by atoms with Gasteiger partial charge in [-0.05, 0) is 30.5 Å². The fraction of sp³-hybridized carbons (Fsp3) is 0.364. The molecule has 2 saturated heterocycles. The lowest BCUT2D eigenvalue weighted by molar-refractivity contribution is -0.153. The van der Waals surface area contributed by atoms with E-state index in [-0.39, 0.29) is 48.0 Å². The molecule has 2 aromatic rings. The largest absolute Gasteiger partial charge is 0.337 e. The van der Waals surface area contributed by atoms with E-state index in [9.17, 15) is 18.8 Å². The van der Waals surface area contributed by atoms with Crippen LogP contribution in [0.4, 0.5) is 4.39 Å². The third-order valence-corrected chi connectivity index (χ3v) is 6.23. The number of carbonyl (C=O) groups is 3. The number of hydrogen-bond acceptors (Lipinski definition) is 4. The minimum absolute atomic E-state index is 0.0744. The van der Waals surface area contributed by atoms with Crippen molar-refractivity contribution in [3.8, 4) is 11.1 Å². The number of imide groups is 1. The van der Waals surface area contributed by atoms with Crippen LogP contribution in [0.25, 0.3) is 11.1 Å². The second-order valence-corrected chi connectivity index (χ2v) is 8.09. The molecule has 1 aromatic carbocycles. The molecule has 0 radical (unpaired) electrons. The van der Waals surface area contributed by atoms with Crippen LogP contribution in [-0.2, 0) is 20.9 Å². The van der Waals surface area contributed by atoms with Gasteiger partial charge < -0.3 is 4.90 Å². The number of amides is 3. The van der Waals surface area contributed by atoms with Crippen LogP contribution in [-0.4, -0.2) is 56.4 Å². The Hall–Kier alpha value is -3.29. The molecule has 2 aliphatic heterocycles. The molecule has 3 heterocycles. The van der Waals surface area contributed by atoms with E-state index in [2.05, 4.69) is 5.10 Å². The molecule has 2 atom stereocenters. The summed E-state index contributed by atoms with van der Waals surface area (Å²) < 4.78 is 14.6. The molecule has 3 amide bonds. The number of halogens is 1. The van der Waals surface area contributed by atoms with Gasteiger partial charge in [-0.25, -0.2) is 4.39 Å². The number of aromatic nitrogens is 2. The van der Waals surface area contributed by atoms with E-state index < -0.39 is 0 Å². The van der Waals surface area contributed by atoms with Gasteiger partial charge in [0.2, 0.25) is 17.7 Å². The molecule has 0 bridgehead atoms. The van der Waals surface area contributed by atoms with E-state index in [0.717, 1.165) is 11.1 Å². The average molecular weight is 408 g/mol. The van der Waals surface area contributed by atoms with Crippen molar-refractivity contribution < 1.29 is 18.8 Å². The van der Waals surface area contributed by atoms with Gasteiger partial charge in [-0.3, -0.25) is 24.0 Å². The highest BCUT2D eigenvalue weighted by Crippen LogP contribution is 2.37. The van der Waals surface area contributed by atoms with Crippen molar-refractivity contribution in [2.45, 2.75) is 25.4 Å². The number of benzene rings is 1. The maximum atomic E-state index is 13.1. The van der Waals surface area contributed by atoms with Crippen LogP contribution in [0.3, 0.4) is 0 Å². The molecule has 154 valence electrons. The summed E-state index contributed by atoms with van der Waals surface area (Å²) in [5.74, 6) is -1.08. The molecule has 0 unspecified atom stereocenters. The Morgan fingerprint density at radius 1 is 1.00 bits per heavy atom. The number of hydrogen-bond donors (Lipinski definition) is 0. The number of rotatable bonds is 4. The maximum absolute atomic E-state index is 13.1. The highest BCUT2D eigenvalue weighted by atomic mass is 19.1. The van der Waals surface area contributed by atoms with Gasteiger partial charge in [-0.1, -0.05) is 24.3 Å². The number of allylic oxidation sites excluding steroid dienone is 2. The van der Waals surface area contributed by atoms with Crippen LogP contribution in [0.2, 0.25) is 0 Å². The number of likely N-dealkylation sites (tertiary alicyclic amines) is 2. The van der Waals surface area contributed by atoms with Crippen LogP contribution >= 0.6 is 0 Å². The molecule has 7 nitrogen and oxygen atoms in total. The Morgan fingerprint density at radius 2 is 1.63 bits per heavy atom. The molecule has 0 saturated carbocycles. The van der Waals surface area contributed by atoms with Crippen molar-refractivity contribution in [1.29, 1.82) is 0 Å². The molecule has 0 N–H and O–H groups in total. The summed E-state index contributed by atoms with van der Waals surface area (Å²) >= 11 is 0. The zero-order valence-corrected chi connectivity index (χ0v) is 16.3. The summed E-state index contributed by atoms with van der Waals surface area (Å²) in [4.78, 5) is 40.9. The molecular weight excluding hydrogens is 387 g/mol. The SMILES string of the molecule is O=C(Cn1cc(-c2ccc(F)cc2)cn1)N1CC(N2C(=O)[C@@H]3CC=CC[C@H]3C2=O)C1. The predicted octanol–water partition coefficient (Wildman–Crippen LogP) is 1.85. The van der Waals surface area contributed by atoms with E-state index in [1.165, 1.54) is 17.0 Å². The second kappa shape index (κ2) is 7.19. The maximum Gasteiger partial charge on any atom is 0.244 e. The molecule has 1 aromatic heterocycles. The molecule has 30 heavy (non-hydrogen) atoms. The Morgan fingerprint density at radius 3 is 2.27 bits per heavy atom. The first kappa shape index (κ1) is 18.7. The normalized spacial score (nSPS) is 23.6. The zero-order chi connectivity index (χ0) is 20.8. The predicted molar refractivity (Wildman–Crippen MR) is 105 cm³/mol. The zero-order valence-electron chi connectivity index (χ0n) is 16.3. The molecular formula is C22H21FN4O3. The lowest BCUT2D eigenvalue weighted by Crippen LogP contribution is -2.63. The standard InChI is InChI=1S/C22H21FN4O3/c23-16-7-5-14(6-8-16)15-9-24-26(10-15)13-20(28)25-11-17(12-25)27-21(29)18-3-1-2-4-19(18)22(27)30/h1-2,5-10,17-19H,3-4,11-13H2/t18-,19-/m1/s1. The summed E-state index contributed by atoms with van der Waals surface area (Å²) in [6, 6.07) is 5.86. The van der Waals surface area contributed by atoms with Gasteiger partial charge in [0.1, 0.15) is 12.4 Å². The molecule has 5 rings (SSSR count). The quantitative estimate of drug-likeness (QED) is 0.572. The minimum atomic E-state index is -0.306. The first-order valence-corrected chi connectivity index (χ1v) is 10.1. The Bertz CT molecular complexity index is 1010. The average Bonchev–Trinajstić information content (AvgIpc) is 3.26. The van der Waals surface area contributed by atoms with Gasteiger partial charge in [0.25, 0.3) is 0 Å².